The van der Waals surface area contributed by atoms with Gasteiger partial charge in [0.1, 0.15) is 0 Å². The van der Waals surface area contributed by atoms with E-state index < -0.39 is 18.4 Å². The van der Waals surface area contributed by atoms with Crippen molar-refractivity contribution in [2.24, 2.45) is 0 Å². The third-order valence-electron chi connectivity index (χ3n) is 5.73. The maximum absolute atomic E-state index is 6.34. The van der Waals surface area contributed by atoms with Crippen LogP contribution in [-0.2, 0) is 0 Å². The van der Waals surface area contributed by atoms with Gasteiger partial charge in [0, 0.05) is 0 Å². The molecule has 0 radical (unpaired) electrons. The second-order valence-corrected chi connectivity index (χ2v) is 21.4. The summed E-state index contributed by atoms with van der Waals surface area (Å²) in [5, 5.41) is 0.741. The number of benzene rings is 2. The average Bonchev–Trinajstić information content (AvgIpc) is 2.73. The Morgan fingerprint density at radius 3 is 1.68 bits per heavy atom. The maximum atomic E-state index is 6.34. The summed E-state index contributed by atoms with van der Waals surface area (Å²) in [5.74, 6) is 6.88. The van der Waals surface area contributed by atoms with Crippen molar-refractivity contribution in [1.29, 1.82) is 0 Å². The summed E-state index contributed by atoms with van der Waals surface area (Å²) in [6.45, 7) is 7.00. The van der Waals surface area contributed by atoms with E-state index in [-0.39, 0.29) is 0 Å². The van der Waals surface area contributed by atoms with Crippen LogP contribution in [0.25, 0.3) is 0 Å². The van der Waals surface area contributed by atoms with Crippen molar-refractivity contribution in [2.75, 3.05) is 0 Å². The number of rotatable bonds is 10. The minimum atomic E-state index is -2.49. The molecule has 0 heterocycles. The summed E-state index contributed by atoms with van der Waals surface area (Å²) in [6.07, 6.45) is 8.00. The van der Waals surface area contributed by atoms with Gasteiger partial charge in [-0.15, -0.1) is 0 Å². The molecular weight excluding hydrogens is 466 g/mol. The van der Waals surface area contributed by atoms with E-state index in [4.69, 9.17) is 11.6 Å². The van der Waals surface area contributed by atoms with E-state index in [0.717, 1.165) is 10.6 Å². The van der Waals surface area contributed by atoms with E-state index >= 15 is 0 Å². The first-order valence-corrected chi connectivity index (χ1v) is 18.9. The van der Waals surface area contributed by atoms with Gasteiger partial charge in [-0.25, -0.2) is 0 Å². The van der Waals surface area contributed by atoms with Gasteiger partial charge < -0.3 is 0 Å². The third kappa shape index (κ3) is 6.57. The summed E-state index contributed by atoms with van der Waals surface area (Å²) in [5.41, 5.74) is 2.19. The summed E-state index contributed by atoms with van der Waals surface area (Å²) < 4.78 is 6.06. The minimum absolute atomic E-state index is 0.741. The molecule has 0 N–H and O–H groups in total. The van der Waals surface area contributed by atoms with Gasteiger partial charge in [0.25, 0.3) is 0 Å². The van der Waals surface area contributed by atoms with Crippen molar-refractivity contribution in [3.8, 4) is 11.8 Å². The SMILES string of the molecule is CCC[CH2][Sn]([CH2]CCC)([CH2]CCC)[c]1ccccc1C#Cc1ccccc1Cl. The van der Waals surface area contributed by atoms with Crippen LogP contribution in [0.2, 0.25) is 18.3 Å². The zero-order valence-corrected chi connectivity index (χ0v) is 21.5. The van der Waals surface area contributed by atoms with Crippen LogP contribution in [0.4, 0.5) is 0 Å². The second-order valence-electron chi connectivity index (χ2n) is 7.87. The van der Waals surface area contributed by atoms with Gasteiger partial charge >= 0.3 is 183 Å². The molecule has 2 aromatic rings. The van der Waals surface area contributed by atoms with E-state index in [0.29, 0.717) is 0 Å². The summed E-state index contributed by atoms with van der Waals surface area (Å²) in [4.78, 5) is 0. The molecular formula is C26H35ClSn. The molecule has 2 aromatic carbocycles. The number of halogens is 1. The molecule has 0 aliphatic carbocycles. The van der Waals surface area contributed by atoms with Crippen molar-refractivity contribution in [3.05, 3.63) is 64.7 Å². The van der Waals surface area contributed by atoms with Crippen molar-refractivity contribution in [1.82, 2.24) is 0 Å². The average molecular weight is 502 g/mol. The van der Waals surface area contributed by atoms with Crippen LogP contribution in [0.3, 0.4) is 0 Å². The number of hydrogen-bond acceptors (Lipinski definition) is 0. The molecule has 28 heavy (non-hydrogen) atoms. The summed E-state index contributed by atoms with van der Waals surface area (Å²) >= 11 is 3.84. The normalized spacial score (nSPS) is 11.1. The molecule has 2 rings (SSSR count). The Balaban J connectivity index is 2.49. The van der Waals surface area contributed by atoms with Gasteiger partial charge in [0.2, 0.25) is 0 Å². The molecule has 0 aliphatic rings. The fraction of sp³-hybridized carbons (Fsp3) is 0.462. The Hall–Kier alpha value is -0.911. The van der Waals surface area contributed by atoms with Crippen LogP contribution in [0.5, 0.6) is 0 Å². The fourth-order valence-electron chi connectivity index (χ4n) is 4.08. The Morgan fingerprint density at radius 2 is 1.14 bits per heavy atom. The zero-order chi connectivity index (χ0) is 20.2. The first-order valence-electron chi connectivity index (χ1n) is 11.0. The van der Waals surface area contributed by atoms with Gasteiger partial charge in [-0.05, 0) is 0 Å². The van der Waals surface area contributed by atoms with Crippen LogP contribution in [0, 0.1) is 11.8 Å². The van der Waals surface area contributed by atoms with Gasteiger partial charge in [0.05, 0.1) is 0 Å². The molecule has 0 atom stereocenters. The molecule has 0 aromatic heterocycles. The molecule has 0 unspecified atom stereocenters. The molecule has 0 aliphatic heterocycles. The van der Waals surface area contributed by atoms with E-state index in [2.05, 4.69) is 56.9 Å². The summed E-state index contributed by atoms with van der Waals surface area (Å²) in [6, 6.07) is 17.0. The predicted octanol–water partition coefficient (Wildman–Crippen LogP) is 7.80. The number of hydrogen-bond donors (Lipinski definition) is 0. The van der Waals surface area contributed by atoms with Gasteiger partial charge in [-0.2, -0.15) is 0 Å². The molecule has 0 saturated carbocycles. The standard InChI is InChI=1S/C14H8Cl.3C4H9.Sn/c15-14-9-5-4-8-13(14)11-10-12-6-2-1-3-7-12;3*1-3-4-2;/h1-6,8-9H;3*1,3-4H2,2H3;. The fourth-order valence-corrected chi connectivity index (χ4v) is 20.9. The van der Waals surface area contributed by atoms with Crippen LogP contribution in [-0.4, -0.2) is 18.4 Å². The van der Waals surface area contributed by atoms with Crippen molar-refractivity contribution < 1.29 is 0 Å². The van der Waals surface area contributed by atoms with E-state index in [1.807, 2.05) is 24.3 Å². The van der Waals surface area contributed by atoms with E-state index in [1.54, 1.807) is 3.58 Å². The molecule has 2 heteroatoms. The van der Waals surface area contributed by atoms with Crippen LogP contribution in [0.15, 0.2) is 48.5 Å². The topological polar surface area (TPSA) is 0 Å². The first kappa shape index (κ1) is 23.4. The molecule has 0 nitrogen and oxygen atoms in total. The van der Waals surface area contributed by atoms with Crippen LogP contribution in [0.1, 0.15) is 70.4 Å². The monoisotopic (exact) mass is 502 g/mol. The van der Waals surface area contributed by atoms with Crippen LogP contribution < -0.4 is 3.58 Å². The Morgan fingerprint density at radius 1 is 0.679 bits per heavy atom. The molecule has 150 valence electrons. The van der Waals surface area contributed by atoms with Gasteiger partial charge in [0.15, 0.2) is 0 Å². The predicted molar refractivity (Wildman–Crippen MR) is 128 cm³/mol. The van der Waals surface area contributed by atoms with Crippen molar-refractivity contribution >= 4 is 33.6 Å². The van der Waals surface area contributed by atoms with Gasteiger partial charge in [-0.1, -0.05) is 0 Å². The summed E-state index contributed by atoms with van der Waals surface area (Å²) in [7, 11) is 0. The van der Waals surface area contributed by atoms with E-state index in [9.17, 15) is 0 Å². The van der Waals surface area contributed by atoms with Crippen LogP contribution >= 0.6 is 11.6 Å². The van der Waals surface area contributed by atoms with Crippen molar-refractivity contribution in [2.45, 2.75) is 72.6 Å². The Kier molecular flexibility index (Phi) is 10.5. The Bertz CT molecular complexity index is 762. The zero-order valence-electron chi connectivity index (χ0n) is 17.9. The molecule has 0 bridgehead atoms. The second kappa shape index (κ2) is 12.6. The Labute approximate surface area is 182 Å². The third-order valence-corrected chi connectivity index (χ3v) is 21.8. The molecule has 0 saturated heterocycles. The number of unbranched alkanes of at least 4 members (excludes halogenated alkanes) is 3. The molecule has 0 spiro atoms. The van der Waals surface area contributed by atoms with E-state index in [1.165, 1.54) is 57.4 Å². The first-order chi connectivity index (χ1) is 13.7. The quantitative estimate of drug-likeness (QED) is 0.230. The van der Waals surface area contributed by atoms with Crippen molar-refractivity contribution in [3.63, 3.8) is 0 Å². The molecule has 0 fully saturated rings. The van der Waals surface area contributed by atoms with Gasteiger partial charge in [-0.3, -0.25) is 0 Å². The molecule has 0 amide bonds.